The first-order chi connectivity index (χ1) is 6.47. The van der Waals surface area contributed by atoms with Gasteiger partial charge in [0.25, 0.3) is 0 Å². The number of hydrogen-bond donors (Lipinski definition) is 3. The highest BCUT2D eigenvalue weighted by atomic mass is 16.3. The van der Waals surface area contributed by atoms with E-state index in [4.69, 9.17) is 10.8 Å². The van der Waals surface area contributed by atoms with Gasteiger partial charge >= 0.3 is 0 Å². The largest absolute Gasteiger partial charge is 0.396 e. The molecule has 1 amide bonds. The topological polar surface area (TPSA) is 75.4 Å². The zero-order valence-electron chi connectivity index (χ0n) is 9.29. The molecule has 0 aliphatic carbocycles. The predicted octanol–water partition coefficient (Wildman–Crippen LogP) is 0.247. The van der Waals surface area contributed by atoms with Crippen LogP contribution < -0.4 is 11.1 Å². The summed E-state index contributed by atoms with van der Waals surface area (Å²) in [6, 6.07) is 0.320. The summed E-state index contributed by atoms with van der Waals surface area (Å²) in [4.78, 5) is 10.7. The highest BCUT2D eigenvalue weighted by molar-refractivity contribution is 5.74. The van der Waals surface area contributed by atoms with E-state index in [0.717, 1.165) is 0 Å². The molecule has 0 aromatic carbocycles. The molecule has 0 aliphatic heterocycles. The Labute approximate surface area is 85.9 Å². The quantitative estimate of drug-likeness (QED) is 0.554. The lowest BCUT2D eigenvalue weighted by Crippen LogP contribution is -2.42. The normalized spacial score (nSPS) is 15.5. The molecule has 0 aromatic heterocycles. The number of carbonyl (C=O) groups excluding carboxylic acids is 1. The second kappa shape index (κ2) is 6.79. The van der Waals surface area contributed by atoms with Crippen LogP contribution in [0.5, 0.6) is 0 Å². The van der Waals surface area contributed by atoms with Crippen LogP contribution in [0.2, 0.25) is 0 Å². The summed E-state index contributed by atoms with van der Waals surface area (Å²) >= 11 is 0. The van der Waals surface area contributed by atoms with Crippen molar-refractivity contribution in [3.05, 3.63) is 0 Å². The Balaban J connectivity index is 3.95. The zero-order chi connectivity index (χ0) is 11.1. The number of hydrogen-bond acceptors (Lipinski definition) is 3. The maximum absolute atomic E-state index is 10.7. The number of aliphatic hydroxyl groups excluding tert-OH is 1. The van der Waals surface area contributed by atoms with E-state index in [-0.39, 0.29) is 24.6 Å². The number of amides is 1. The summed E-state index contributed by atoms with van der Waals surface area (Å²) in [5.41, 5.74) is 5.09. The predicted molar refractivity (Wildman–Crippen MR) is 56.7 cm³/mol. The summed E-state index contributed by atoms with van der Waals surface area (Å²) in [7, 11) is 0. The van der Waals surface area contributed by atoms with Gasteiger partial charge in [0, 0.05) is 25.1 Å². The van der Waals surface area contributed by atoms with E-state index in [0.29, 0.717) is 18.8 Å². The molecule has 4 heteroatoms. The van der Waals surface area contributed by atoms with Crippen LogP contribution in [0.1, 0.15) is 33.6 Å². The first kappa shape index (κ1) is 13.4. The van der Waals surface area contributed by atoms with E-state index in [2.05, 4.69) is 19.2 Å². The van der Waals surface area contributed by atoms with Gasteiger partial charge in [-0.3, -0.25) is 4.79 Å². The van der Waals surface area contributed by atoms with Gasteiger partial charge in [0.2, 0.25) is 5.91 Å². The molecule has 0 aliphatic rings. The van der Waals surface area contributed by atoms with Gasteiger partial charge in [-0.25, -0.2) is 0 Å². The molecule has 4 N–H and O–H groups in total. The molecule has 0 aromatic rings. The number of aliphatic hydroxyl groups is 1. The number of primary amides is 1. The minimum absolute atomic E-state index is 0.0754. The lowest BCUT2D eigenvalue weighted by Gasteiger charge is -2.25. The molecule has 0 heterocycles. The third-order valence-electron chi connectivity index (χ3n) is 2.25. The fraction of sp³-hybridized carbons (Fsp3) is 0.900. The lowest BCUT2D eigenvalue weighted by molar-refractivity contribution is -0.118. The van der Waals surface area contributed by atoms with Gasteiger partial charge in [0.15, 0.2) is 0 Å². The number of rotatable bonds is 7. The minimum atomic E-state index is -0.295. The fourth-order valence-corrected chi connectivity index (χ4v) is 1.47. The highest BCUT2D eigenvalue weighted by Crippen LogP contribution is 2.07. The molecule has 0 radical (unpaired) electrons. The maximum Gasteiger partial charge on any atom is 0.218 e. The van der Waals surface area contributed by atoms with Crippen molar-refractivity contribution < 1.29 is 9.90 Å². The van der Waals surface area contributed by atoms with Crippen molar-refractivity contribution in [1.82, 2.24) is 5.32 Å². The summed E-state index contributed by atoms with van der Waals surface area (Å²) in [5, 5.41) is 12.1. The van der Waals surface area contributed by atoms with Crippen LogP contribution in [0.4, 0.5) is 0 Å². The van der Waals surface area contributed by atoms with E-state index in [9.17, 15) is 4.79 Å². The molecule has 4 nitrogen and oxygen atoms in total. The fourth-order valence-electron chi connectivity index (χ4n) is 1.47. The molecule has 2 atom stereocenters. The first-order valence-corrected chi connectivity index (χ1v) is 5.12. The number of nitrogens with two attached hydrogens (primary N) is 1. The maximum atomic E-state index is 10.7. The van der Waals surface area contributed by atoms with Gasteiger partial charge < -0.3 is 16.2 Å². The molecule has 0 fully saturated rings. The summed E-state index contributed by atoms with van der Waals surface area (Å²) < 4.78 is 0. The van der Waals surface area contributed by atoms with Gasteiger partial charge in [-0.1, -0.05) is 13.8 Å². The third kappa shape index (κ3) is 5.94. The van der Waals surface area contributed by atoms with Crippen LogP contribution in [0, 0.1) is 5.92 Å². The average Bonchev–Trinajstić information content (AvgIpc) is 2.01. The molecule has 0 saturated carbocycles. The average molecular weight is 202 g/mol. The Hall–Kier alpha value is -0.610. The smallest absolute Gasteiger partial charge is 0.218 e. The van der Waals surface area contributed by atoms with E-state index in [1.54, 1.807) is 0 Å². The van der Waals surface area contributed by atoms with Gasteiger partial charge in [0.05, 0.1) is 0 Å². The molecule has 84 valence electrons. The van der Waals surface area contributed by atoms with Crippen molar-refractivity contribution in [2.45, 2.75) is 45.7 Å². The van der Waals surface area contributed by atoms with Crippen LogP contribution in [0.25, 0.3) is 0 Å². The SMILES string of the molecule is CC(CC(N)=O)NC(CCO)C(C)C. The van der Waals surface area contributed by atoms with Gasteiger partial charge in [-0.15, -0.1) is 0 Å². The van der Waals surface area contributed by atoms with E-state index in [1.165, 1.54) is 0 Å². The molecular formula is C10H22N2O2. The van der Waals surface area contributed by atoms with Crippen LogP contribution in [-0.2, 0) is 4.79 Å². The van der Waals surface area contributed by atoms with Crippen LogP contribution in [0.15, 0.2) is 0 Å². The Bertz CT molecular complexity index is 172. The van der Waals surface area contributed by atoms with E-state index >= 15 is 0 Å². The molecule has 0 rings (SSSR count). The standard InChI is InChI=1S/C10H22N2O2/c1-7(2)9(4-5-13)12-8(3)6-10(11)14/h7-9,12-13H,4-6H2,1-3H3,(H2,11,14). The van der Waals surface area contributed by atoms with Gasteiger partial charge in [-0.05, 0) is 19.3 Å². The summed E-state index contributed by atoms with van der Waals surface area (Å²) in [5.74, 6) is 0.147. The second-order valence-electron chi connectivity index (χ2n) is 4.10. The summed E-state index contributed by atoms with van der Waals surface area (Å²) in [6.07, 6.45) is 1.05. The van der Waals surface area contributed by atoms with Crippen LogP contribution >= 0.6 is 0 Å². The van der Waals surface area contributed by atoms with Crippen molar-refractivity contribution in [3.63, 3.8) is 0 Å². The van der Waals surface area contributed by atoms with Crippen LogP contribution in [0.3, 0.4) is 0 Å². The first-order valence-electron chi connectivity index (χ1n) is 5.12. The Morgan fingerprint density at radius 2 is 2.00 bits per heavy atom. The van der Waals surface area contributed by atoms with Crippen molar-refractivity contribution in [2.75, 3.05) is 6.61 Å². The molecule has 14 heavy (non-hydrogen) atoms. The highest BCUT2D eigenvalue weighted by Gasteiger charge is 2.16. The third-order valence-corrected chi connectivity index (χ3v) is 2.25. The van der Waals surface area contributed by atoms with Crippen molar-refractivity contribution in [1.29, 1.82) is 0 Å². The zero-order valence-corrected chi connectivity index (χ0v) is 9.29. The summed E-state index contributed by atoms with van der Waals surface area (Å²) in [6.45, 7) is 6.27. The minimum Gasteiger partial charge on any atom is -0.396 e. The van der Waals surface area contributed by atoms with Crippen LogP contribution in [-0.4, -0.2) is 29.7 Å². The Kier molecular flexibility index (Phi) is 6.49. The number of carbonyl (C=O) groups is 1. The molecule has 2 unspecified atom stereocenters. The molecule has 0 bridgehead atoms. The van der Waals surface area contributed by atoms with E-state index in [1.807, 2.05) is 6.92 Å². The second-order valence-corrected chi connectivity index (χ2v) is 4.10. The van der Waals surface area contributed by atoms with Crippen molar-refractivity contribution >= 4 is 5.91 Å². The van der Waals surface area contributed by atoms with Crippen molar-refractivity contribution in [3.8, 4) is 0 Å². The monoisotopic (exact) mass is 202 g/mol. The Morgan fingerprint density at radius 3 is 2.36 bits per heavy atom. The molecule has 0 saturated heterocycles. The number of nitrogens with one attached hydrogen (secondary N) is 1. The van der Waals surface area contributed by atoms with E-state index < -0.39 is 0 Å². The molecular weight excluding hydrogens is 180 g/mol. The lowest BCUT2D eigenvalue weighted by atomic mass is 10.00. The van der Waals surface area contributed by atoms with Crippen molar-refractivity contribution in [2.24, 2.45) is 11.7 Å². The van der Waals surface area contributed by atoms with Gasteiger partial charge in [0.1, 0.15) is 0 Å². The molecule has 0 spiro atoms. The Morgan fingerprint density at radius 1 is 1.43 bits per heavy atom. The van der Waals surface area contributed by atoms with Gasteiger partial charge in [-0.2, -0.15) is 0 Å².